The van der Waals surface area contributed by atoms with Gasteiger partial charge in [-0.05, 0) is 43.5 Å². The lowest BCUT2D eigenvalue weighted by atomic mass is 9.74. The standard InChI is InChI=1S/C25H30BrN3O4/c1-2-14-29-21(23(31)28-16-6-4-3-5-7-16)25-13-12-18(33-25)19(20(25)24(29)32)22(30)27-17-10-8-15(26)9-11-17/h8-13,16,18-21H,2-7,14H2,1H3,(H,27,30)(H,28,31)/t18-,19+,20-,21+,25+/m1/s1. The lowest BCUT2D eigenvalue weighted by Gasteiger charge is -2.34. The summed E-state index contributed by atoms with van der Waals surface area (Å²) in [6.45, 7) is 2.45. The highest BCUT2D eigenvalue weighted by Crippen LogP contribution is 2.55. The van der Waals surface area contributed by atoms with Crippen molar-refractivity contribution in [2.75, 3.05) is 11.9 Å². The summed E-state index contributed by atoms with van der Waals surface area (Å²) in [7, 11) is 0. The zero-order valence-corrected chi connectivity index (χ0v) is 20.3. The molecule has 2 bridgehead atoms. The van der Waals surface area contributed by atoms with E-state index in [9.17, 15) is 14.4 Å². The van der Waals surface area contributed by atoms with Gasteiger partial charge in [0.05, 0.1) is 17.9 Å². The molecule has 2 N–H and O–H groups in total. The predicted molar refractivity (Wildman–Crippen MR) is 127 cm³/mol. The molecule has 0 unspecified atom stereocenters. The van der Waals surface area contributed by atoms with Gasteiger partial charge in [-0.25, -0.2) is 0 Å². The Bertz CT molecular complexity index is 974. The van der Waals surface area contributed by atoms with Crippen molar-refractivity contribution in [1.29, 1.82) is 0 Å². The summed E-state index contributed by atoms with van der Waals surface area (Å²) in [6, 6.07) is 6.71. The summed E-state index contributed by atoms with van der Waals surface area (Å²) in [5.74, 6) is -1.94. The van der Waals surface area contributed by atoms with E-state index in [0.29, 0.717) is 12.2 Å². The number of benzene rings is 1. The van der Waals surface area contributed by atoms with E-state index in [1.807, 2.05) is 43.3 Å². The number of amides is 3. The highest BCUT2D eigenvalue weighted by molar-refractivity contribution is 9.10. The zero-order valence-electron chi connectivity index (χ0n) is 18.8. The summed E-state index contributed by atoms with van der Waals surface area (Å²) >= 11 is 3.40. The summed E-state index contributed by atoms with van der Waals surface area (Å²) in [6.07, 6.45) is 9.28. The van der Waals surface area contributed by atoms with E-state index < -0.39 is 29.6 Å². The van der Waals surface area contributed by atoms with Crippen molar-refractivity contribution in [1.82, 2.24) is 10.2 Å². The maximum atomic E-state index is 13.6. The smallest absolute Gasteiger partial charge is 0.246 e. The number of hydrogen-bond donors (Lipinski definition) is 2. The van der Waals surface area contributed by atoms with Gasteiger partial charge in [-0.1, -0.05) is 54.3 Å². The Morgan fingerprint density at radius 3 is 2.58 bits per heavy atom. The Morgan fingerprint density at radius 1 is 1.15 bits per heavy atom. The third kappa shape index (κ3) is 3.81. The molecule has 7 nitrogen and oxygen atoms in total. The van der Waals surface area contributed by atoms with Gasteiger partial charge in [0.2, 0.25) is 17.7 Å². The molecule has 0 aromatic heterocycles. The van der Waals surface area contributed by atoms with Crippen LogP contribution in [-0.2, 0) is 19.1 Å². The minimum Gasteiger partial charge on any atom is -0.359 e. The molecular weight excluding hydrogens is 486 g/mol. The molecule has 1 aliphatic carbocycles. The third-order valence-corrected chi connectivity index (χ3v) is 7.98. The number of fused-ring (bicyclic) bond motifs is 1. The summed E-state index contributed by atoms with van der Waals surface area (Å²) < 4.78 is 7.26. The van der Waals surface area contributed by atoms with Crippen molar-refractivity contribution in [2.24, 2.45) is 11.8 Å². The number of carbonyl (C=O) groups excluding carboxylic acids is 3. The number of nitrogens with zero attached hydrogens (tertiary/aromatic N) is 1. The number of ether oxygens (including phenoxy) is 1. The molecule has 1 spiro atoms. The Labute approximate surface area is 202 Å². The second-order valence-electron chi connectivity index (χ2n) is 9.57. The van der Waals surface area contributed by atoms with Crippen LogP contribution in [0.2, 0.25) is 0 Å². The Kier molecular flexibility index (Phi) is 6.07. The molecule has 3 fully saturated rings. The number of likely N-dealkylation sites (tertiary alicyclic amines) is 1. The molecule has 5 rings (SSSR count). The largest absolute Gasteiger partial charge is 0.359 e. The monoisotopic (exact) mass is 515 g/mol. The molecule has 1 saturated carbocycles. The van der Waals surface area contributed by atoms with Crippen molar-refractivity contribution in [3.63, 3.8) is 0 Å². The second-order valence-corrected chi connectivity index (χ2v) is 10.5. The fourth-order valence-corrected chi connectivity index (χ4v) is 6.30. The number of hydrogen-bond acceptors (Lipinski definition) is 4. The van der Waals surface area contributed by atoms with E-state index in [-0.39, 0.29) is 23.8 Å². The van der Waals surface area contributed by atoms with Crippen LogP contribution in [0.25, 0.3) is 0 Å². The number of anilines is 1. The first-order valence-electron chi connectivity index (χ1n) is 12.0. The number of halogens is 1. The van der Waals surface area contributed by atoms with Crippen LogP contribution < -0.4 is 10.6 Å². The van der Waals surface area contributed by atoms with E-state index >= 15 is 0 Å². The molecule has 0 radical (unpaired) electrons. The fraction of sp³-hybridized carbons (Fsp3) is 0.560. The summed E-state index contributed by atoms with van der Waals surface area (Å²) in [5.41, 5.74) is -0.427. The van der Waals surface area contributed by atoms with Gasteiger partial charge in [0.25, 0.3) is 0 Å². The van der Waals surface area contributed by atoms with Crippen molar-refractivity contribution < 1.29 is 19.1 Å². The molecule has 33 heavy (non-hydrogen) atoms. The molecule has 3 aliphatic heterocycles. The molecule has 3 heterocycles. The number of carbonyl (C=O) groups is 3. The van der Waals surface area contributed by atoms with E-state index in [2.05, 4.69) is 26.6 Å². The van der Waals surface area contributed by atoms with E-state index in [0.717, 1.165) is 36.6 Å². The van der Waals surface area contributed by atoms with Crippen molar-refractivity contribution in [3.8, 4) is 0 Å². The van der Waals surface area contributed by atoms with Gasteiger partial charge >= 0.3 is 0 Å². The van der Waals surface area contributed by atoms with Gasteiger partial charge in [0, 0.05) is 22.7 Å². The normalized spacial score (nSPS) is 32.8. The van der Waals surface area contributed by atoms with Crippen molar-refractivity contribution in [2.45, 2.75) is 69.2 Å². The van der Waals surface area contributed by atoms with Crippen molar-refractivity contribution in [3.05, 3.63) is 40.9 Å². The van der Waals surface area contributed by atoms with Gasteiger partial charge in [-0.2, -0.15) is 0 Å². The quantitative estimate of drug-likeness (QED) is 0.568. The molecule has 5 atom stereocenters. The molecule has 1 aromatic carbocycles. The van der Waals surface area contributed by atoms with Crippen LogP contribution in [0, 0.1) is 11.8 Å². The topological polar surface area (TPSA) is 87.7 Å². The molecule has 8 heteroatoms. The number of rotatable bonds is 6. The average molecular weight is 516 g/mol. The first kappa shape index (κ1) is 22.6. The lowest BCUT2D eigenvalue weighted by molar-refractivity contribution is -0.141. The zero-order chi connectivity index (χ0) is 23.2. The molecule has 4 aliphatic rings. The van der Waals surface area contributed by atoms with Gasteiger partial charge in [-0.3, -0.25) is 14.4 Å². The minimum atomic E-state index is -1.09. The van der Waals surface area contributed by atoms with E-state index in [4.69, 9.17) is 4.74 Å². The van der Waals surface area contributed by atoms with Crippen LogP contribution >= 0.6 is 15.9 Å². The fourth-order valence-electron chi connectivity index (χ4n) is 6.03. The molecular formula is C25H30BrN3O4. The summed E-state index contributed by atoms with van der Waals surface area (Å²) in [4.78, 5) is 42.1. The minimum absolute atomic E-state index is 0.138. The Hall–Kier alpha value is -2.19. The third-order valence-electron chi connectivity index (χ3n) is 7.45. The Balaban J connectivity index is 1.41. The molecule has 1 aromatic rings. The highest BCUT2D eigenvalue weighted by atomic mass is 79.9. The molecule has 176 valence electrons. The maximum absolute atomic E-state index is 13.6. The van der Waals surface area contributed by atoms with E-state index in [1.54, 1.807) is 4.90 Å². The van der Waals surface area contributed by atoms with Gasteiger partial charge in [-0.15, -0.1) is 0 Å². The predicted octanol–water partition coefficient (Wildman–Crippen LogP) is 3.40. The highest BCUT2D eigenvalue weighted by Gasteiger charge is 2.72. The van der Waals surface area contributed by atoms with E-state index in [1.165, 1.54) is 6.42 Å². The molecule has 2 saturated heterocycles. The van der Waals surface area contributed by atoms with Gasteiger partial charge < -0.3 is 20.3 Å². The van der Waals surface area contributed by atoms with Crippen LogP contribution in [0.3, 0.4) is 0 Å². The van der Waals surface area contributed by atoms with Crippen LogP contribution in [0.5, 0.6) is 0 Å². The first-order valence-corrected chi connectivity index (χ1v) is 12.8. The molecule has 3 amide bonds. The van der Waals surface area contributed by atoms with Crippen LogP contribution in [0.15, 0.2) is 40.9 Å². The number of nitrogens with one attached hydrogen (secondary N) is 2. The van der Waals surface area contributed by atoms with Gasteiger partial charge in [0.15, 0.2) is 0 Å². The van der Waals surface area contributed by atoms with Crippen molar-refractivity contribution >= 4 is 39.3 Å². The average Bonchev–Trinajstić information content (AvgIpc) is 3.44. The maximum Gasteiger partial charge on any atom is 0.246 e. The van der Waals surface area contributed by atoms with Crippen LogP contribution in [0.4, 0.5) is 5.69 Å². The lowest BCUT2D eigenvalue weighted by Crippen LogP contribution is -2.56. The van der Waals surface area contributed by atoms with Gasteiger partial charge in [0.1, 0.15) is 11.6 Å². The van der Waals surface area contributed by atoms with Crippen LogP contribution in [0.1, 0.15) is 45.4 Å². The summed E-state index contributed by atoms with van der Waals surface area (Å²) in [5, 5.41) is 6.13. The Morgan fingerprint density at radius 2 is 1.88 bits per heavy atom. The second kappa shape index (κ2) is 8.87. The van der Waals surface area contributed by atoms with Crippen LogP contribution in [-0.4, -0.2) is 53.0 Å². The SMILES string of the molecule is CCCN1C(=O)[C@H]2[C@@H](C(=O)Nc3ccc(Br)cc3)[C@H]3C=C[C@@]2(O3)[C@@H]1C(=O)NC1CCCCC1. The first-order chi connectivity index (χ1) is 15.9.